The van der Waals surface area contributed by atoms with Gasteiger partial charge in [-0.15, -0.1) is 0 Å². The molecule has 6 rings (SSSR count). The van der Waals surface area contributed by atoms with Gasteiger partial charge in [0.05, 0.1) is 23.4 Å². The van der Waals surface area contributed by atoms with Crippen molar-refractivity contribution in [2.75, 3.05) is 11.1 Å². The molecule has 2 aromatic carbocycles. The van der Waals surface area contributed by atoms with Crippen molar-refractivity contribution >= 4 is 28.4 Å². The quantitative estimate of drug-likeness (QED) is 0.304. The van der Waals surface area contributed by atoms with E-state index in [4.69, 9.17) is 5.73 Å². The maximum atomic E-state index is 15.1. The molecule has 0 saturated heterocycles. The SMILES string of the molecule is Cn1cc(Nc2nc(N)nc(-c3cccc(-n4ccc5cc(C6CC6)cc(F)c5c4=O)c3CO)n2)cc1C#N. The number of fused-ring (bicyclic) bond motifs is 1. The number of nitriles is 1. The van der Waals surface area contributed by atoms with Crippen LogP contribution in [0.1, 0.15) is 35.6 Å². The first kappa shape index (κ1) is 24.3. The predicted molar refractivity (Wildman–Crippen MR) is 144 cm³/mol. The predicted octanol–water partition coefficient (Wildman–Crippen LogP) is 3.89. The van der Waals surface area contributed by atoms with Crippen LogP contribution >= 0.6 is 0 Å². The standard InChI is InChI=1S/C28H23FN8O2/c1-36-13-18(11-19(36)12-30)32-28-34-25(33-27(31)35-28)20-3-2-4-23(21(20)14-38)37-8-7-16-9-17(15-5-6-15)10-22(29)24(16)26(37)39/h2-4,7-11,13,15,38H,5-6,14H2,1H3,(H3,31,32,33,34,35). The van der Waals surface area contributed by atoms with Crippen molar-refractivity contribution in [1.29, 1.82) is 5.26 Å². The Morgan fingerprint density at radius 1 is 1.21 bits per heavy atom. The number of hydrogen-bond acceptors (Lipinski definition) is 8. The number of nitrogens with zero attached hydrogens (tertiary/aromatic N) is 6. The number of nitrogens with one attached hydrogen (secondary N) is 1. The summed E-state index contributed by atoms with van der Waals surface area (Å²) in [6, 6.07) is 13.8. The largest absolute Gasteiger partial charge is 0.392 e. The molecule has 1 saturated carbocycles. The first-order chi connectivity index (χ1) is 18.9. The zero-order chi connectivity index (χ0) is 27.3. The van der Waals surface area contributed by atoms with Crippen molar-refractivity contribution in [3.63, 3.8) is 0 Å². The Balaban J connectivity index is 1.44. The lowest BCUT2D eigenvalue weighted by Crippen LogP contribution is -2.20. The van der Waals surface area contributed by atoms with E-state index in [0.29, 0.717) is 39.5 Å². The summed E-state index contributed by atoms with van der Waals surface area (Å²) in [6.07, 6.45) is 5.34. The fraction of sp³-hybridized carbons (Fsp3) is 0.179. The van der Waals surface area contributed by atoms with E-state index in [-0.39, 0.29) is 23.1 Å². The zero-order valence-corrected chi connectivity index (χ0v) is 20.9. The molecule has 0 atom stereocenters. The molecular weight excluding hydrogens is 499 g/mol. The Kier molecular flexibility index (Phi) is 5.81. The molecule has 39 heavy (non-hydrogen) atoms. The minimum absolute atomic E-state index is 0.00770. The van der Waals surface area contributed by atoms with Crippen LogP contribution in [0, 0.1) is 17.1 Å². The number of halogens is 1. The molecule has 0 aliphatic heterocycles. The summed E-state index contributed by atoms with van der Waals surface area (Å²) < 4.78 is 18.1. The molecule has 3 heterocycles. The van der Waals surface area contributed by atoms with E-state index < -0.39 is 18.0 Å². The van der Waals surface area contributed by atoms with E-state index in [0.717, 1.165) is 18.4 Å². The van der Waals surface area contributed by atoms with Crippen molar-refractivity contribution in [3.05, 3.63) is 87.9 Å². The number of aryl methyl sites for hydroxylation is 1. The highest BCUT2D eigenvalue weighted by molar-refractivity contribution is 5.83. The van der Waals surface area contributed by atoms with E-state index in [1.54, 1.807) is 54.3 Å². The maximum Gasteiger partial charge on any atom is 0.265 e. The molecule has 1 aliphatic carbocycles. The first-order valence-corrected chi connectivity index (χ1v) is 12.3. The van der Waals surface area contributed by atoms with Crippen LogP contribution < -0.4 is 16.6 Å². The molecule has 11 heteroatoms. The fourth-order valence-corrected chi connectivity index (χ4v) is 4.81. The third-order valence-corrected chi connectivity index (χ3v) is 6.87. The van der Waals surface area contributed by atoms with Crippen LogP contribution in [0.3, 0.4) is 0 Å². The van der Waals surface area contributed by atoms with Gasteiger partial charge >= 0.3 is 0 Å². The van der Waals surface area contributed by atoms with Gasteiger partial charge in [0.15, 0.2) is 5.82 Å². The van der Waals surface area contributed by atoms with Gasteiger partial charge in [-0.2, -0.15) is 20.2 Å². The highest BCUT2D eigenvalue weighted by Gasteiger charge is 2.25. The highest BCUT2D eigenvalue weighted by atomic mass is 19.1. The van der Waals surface area contributed by atoms with Crippen LogP contribution in [0.2, 0.25) is 0 Å². The Morgan fingerprint density at radius 3 is 2.74 bits per heavy atom. The maximum absolute atomic E-state index is 15.1. The molecule has 5 aromatic rings. The Hall–Kier alpha value is -5.08. The number of rotatable bonds is 6. The summed E-state index contributed by atoms with van der Waals surface area (Å²) >= 11 is 0. The lowest BCUT2D eigenvalue weighted by molar-refractivity contribution is 0.282. The molecule has 0 radical (unpaired) electrons. The van der Waals surface area contributed by atoms with Gasteiger partial charge in [0.1, 0.15) is 17.6 Å². The average molecular weight is 523 g/mol. The molecule has 0 unspecified atom stereocenters. The number of aromatic nitrogens is 5. The third kappa shape index (κ3) is 4.36. The van der Waals surface area contributed by atoms with Crippen molar-refractivity contribution in [2.45, 2.75) is 25.4 Å². The second kappa shape index (κ2) is 9.34. The van der Waals surface area contributed by atoms with Crippen LogP contribution in [0.4, 0.5) is 22.0 Å². The number of anilines is 3. The lowest BCUT2D eigenvalue weighted by Gasteiger charge is -2.16. The third-order valence-electron chi connectivity index (χ3n) is 6.87. The summed E-state index contributed by atoms with van der Waals surface area (Å²) in [5, 5.41) is 23.1. The topological polar surface area (TPSA) is 148 Å². The van der Waals surface area contributed by atoms with Crippen LogP contribution in [0.15, 0.2) is 59.7 Å². The van der Waals surface area contributed by atoms with Gasteiger partial charge in [-0.3, -0.25) is 9.36 Å². The van der Waals surface area contributed by atoms with Gasteiger partial charge in [0, 0.05) is 30.6 Å². The van der Waals surface area contributed by atoms with E-state index in [9.17, 15) is 15.2 Å². The van der Waals surface area contributed by atoms with Crippen molar-refractivity contribution in [3.8, 4) is 23.1 Å². The van der Waals surface area contributed by atoms with E-state index in [1.807, 2.05) is 6.07 Å². The number of hydrogen-bond donors (Lipinski definition) is 3. The Labute approximate surface area is 221 Å². The molecule has 1 fully saturated rings. The van der Waals surface area contributed by atoms with Gasteiger partial charge in [-0.1, -0.05) is 18.2 Å². The smallest absolute Gasteiger partial charge is 0.265 e. The van der Waals surface area contributed by atoms with Crippen molar-refractivity contribution < 1.29 is 9.50 Å². The number of nitrogens with two attached hydrogens (primary N) is 1. The second-order valence-corrected chi connectivity index (χ2v) is 9.50. The van der Waals surface area contributed by atoms with Gasteiger partial charge < -0.3 is 20.7 Å². The van der Waals surface area contributed by atoms with E-state index in [2.05, 4.69) is 26.3 Å². The zero-order valence-electron chi connectivity index (χ0n) is 20.9. The Bertz CT molecular complexity index is 1870. The van der Waals surface area contributed by atoms with Crippen LogP contribution in [-0.2, 0) is 13.7 Å². The first-order valence-electron chi connectivity index (χ1n) is 12.3. The summed E-state index contributed by atoms with van der Waals surface area (Å²) in [5.41, 5.74) is 8.52. The monoisotopic (exact) mass is 522 g/mol. The van der Waals surface area contributed by atoms with Crippen molar-refractivity contribution in [2.24, 2.45) is 7.05 Å². The molecule has 0 bridgehead atoms. The minimum atomic E-state index is -0.558. The second-order valence-electron chi connectivity index (χ2n) is 9.50. The van der Waals surface area contributed by atoms with Crippen LogP contribution in [0.25, 0.3) is 27.8 Å². The summed E-state index contributed by atoms with van der Waals surface area (Å²) in [5.74, 6) is 0.0349. The molecule has 4 N–H and O–H groups in total. The average Bonchev–Trinajstić information content (AvgIpc) is 3.71. The van der Waals surface area contributed by atoms with E-state index >= 15 is 4.39 Å². The number of pyridine rings is 1. The number of aliphatic hydroxyl groups excluding tert-OH is 1. The molecule has 1 aliphatic rings. The molecule has 194 valence electrons. The fourth-order valence-electron chi connectivity index (χ4n) is 4.81. The van der Waals surface area contributed by atoms with Gasteiger partial charge in [0.25, 0.3) is 5.56 Å². The molecular formula is C28H23FN8O2. The summed E-state index contributed by atoms with van der Waals surface area (Å²) in [4.78, 5) is 26.3. The molecule has 0 amide bonds. The van der Waals surface area contributed by atoms with Gasteiger partial charge in [-0.25, -0.2) is 4.39 Å². The molecule has 3 aromatic heterocycles. The molecule has 10 nitrogen and oxygen atoms in total. The van der Waals surface area contributed by atoms with Crippen molar-refractivity contribution in [1.82, 2.24) is 24.1 Å². The summed E-state index contributed by atoms with van der Waals surface area (Å²) in [6.45, 7) is -0.447. The van der Waals surface area contributed by atoms with Gasteiger partial charge in [0.2, 0.25) is 11.9 Å². The Morgan fingerprint density at radius 2 is 2.03 bits per heavy atom. The van der Waals surface area contributed by atoms with Crippen LogP contribution in [-0.4, -0.2) is 29.2 Å². The number of benzene rings is 2. The number of nitrogen functional groups attached to an aromatic ring is 1. The van der Waals surface area contributed by atoms with Gasteiger partial charge in [-0.05, 0) is 54.0 Å². The molecule has 0 spiro atoms. The lowest BCUT2D eigenvalue weighted by atomic mass is 10.0. The normalized spacial score (nSPS) is 13.0. The van der Waals surface area contributed by atoms with E-state index in [1.165, 1.54) is 10.6 Å². The highest BCUT2D eigenvalue weighted by Crippen LogP contribution is 2.41. The van der Waals surface area contributed by atoms with Crippen LogP contribution in [0.5, 0.6) is 0 Å². The number of aliphatic hydroxyl groups is 1. The summed E-state index contributed by atoms with van der Waals surface area (Å²) in [7, 11) is 1.74. The minimum Gasteiger partial charge on any atom is -0.392 e.